The molecule has 1 aliphatic rings. The van der Waals surface area contributed by atoms with Crippen LogP contribution < -0.4 is 5.32 Å². The van der Waals surface area contributed by atoms with Gasteiger partial charge in [0.2, 0.25) is 5.91 Å². The van der Waals surface area contributed by atoms with Crippen molar-refractivity contribution in [2.75, 3.05) is 11.9 Å². The second-order valence-corrected chi connectivity index (χ2v) is 4.91. The Morgan fingerprint density at radius 3 is 2.57 bits per heavy atom. The molecule has 1 aliphatic heterocycles. The molecular formula is C15H9ClF2N2O. The molecule has 6 heteroatoms. The lowest BCUT2D eigenvalue weighted by Gasteiger charge is -2.11. The van der Waals surface area contributed by atoms with Crippen LogP contribution in [0, 0.1) is 11.6 Å². The van der Waals surface area contributed by atoms with Crippen molar-refractivity contribution in [1.82, 2.24) is 0 Å². The van der Waals surface area contributed by atoms with E-state index < -0.39 is 17.5 Å². The summed E-state index contributed by atoms with van der Waals surface area (Å²) in [4.78, 5) is 15.8. The van der Waals surface area contributed by atoms with Crippen molar-refractivity contribution >= 4 is 28.9 Å². The molecule has 0 atom stereocenters. The Morgan fingerprint density at radius 1 is 1.10 bits per heavy atom. The predicted octanol–water partition coefficient (Wildman–Crippen LogP) is 3.41. The molecule has 0 fully saturated rings. The van der Waals surface area contributed by atoms with Crippen LogP contribution in [0.25, 0.3) is 0 Å². The first-order valence-electron chi connectivity index (χ1n) is 6.15. The fourth-order valence-corrected chi connectivity index (χ4v) is 2.38. The molecule has 3 nitrogen and oxygen atoms in total. The quantitative estimate of drug-likeness (QED) is 0.862. The number of aliphatic imine (C=N–C) groups is 1. The van der Waals surface area contributed by atoms with Crippen LogP contribution in [0.5, 0.6) is 0 Å². The minimum Gasteiger partial charge on any atom is -0.324 e. The summed E-state index contributed by atoms with van der Waals surface area (Å²) in [5, 5.41) is 2.92. The van der Waals surface area contributed by atoms with E-state index in [1.54, 1.807) is 24.3 Å². The van der Waals surface area contributed by atoms with E-state index in [9.17, 15) is 13.6 Å². The standard InChI is InChI=1S/C15H9ClF2N2O/c16-10-4-2-1-3-8(10)15-9-5-11(17)12(18)6-13(9)20-14(21)7-19-15/h1-6H,7H2,(H,20,21). The number of carbonyl (C=O) groups is 1. The summed E-state index contributed by atoms with van der Waals surface area (Å²) in [6, 6.07) is 8.84. The van der Waals surface area contributed by atoms with Gasteiger partial charge in [-0.1, -0.05) is 29.8 Å². The minimum absolute atomic E-state index is 0.140. The van der Waals surface area contributed by atoms with Gasteiger partial charge in [-0.3, -0.25) is 9.79 Å². The number of rotatable bonds is 1. The highest BCUT2D eigenvalue weighted by molar-refractivity contribution is 6.36. The van der Waals surface area contributed by atoms with Crippen LogP contribution in [-0.2, 0) is 4.79 Å². The van der Waals surface area contributed by atoms with E-state index in [-0.39, 0.29) is 12.2 Å². The SMILES string of the molecule is O=C1CN=C(c2ccccc2Cl)c2cc(F)c(F)cc2N1. The van der Waals surface area contributed by atoms with Gasteiger partial charge in [-0.2, -0.15) is 0 Å². The third-order valence-electron chi connectivity index (χ3n) is 3.10. The van der Waals surface area contributed by atoms with Crippen LogP contribution in [0.2, 0.25) is 5.02 Å². The van der Waals surface area contributed by atoms with Crippen molar-refractivity contribution in [2.24, 2.45) is 4.99 Å². The van der Waals surface area contributed by atoms with Crippen LogP contribution in [-0.4, -0.2) is 18.2 Å². The van der Waals surface area contributed by atoms with Gasteiger partial charge in [-0.05, 0) is 12.1 Å². The average Bonchev–Trinajstić information content (AvgIpc) is 2.59. The van der Waals surface area contributed by atoms with Crippen molar-refractivity contribution in [3.63, 3.8) is 0 Å². The van der Waals surface area contributed by atoms with Crippen molar-refractivity contribution in [3.8, 4) is 0 Å². The van der Waals surface area contributed by atoms with E-state index >= 15 is 0 Å². The molecule has 2 aromatic carbocycles. The largest absolute Gasteiger partial charge is 0.324 e. The maximum absolute atomic E-state index is 13.6. The Hall–Kier alpha value is -2.27. The molecule has 3 rings (SSSR count). The molecule has 0 aliphatic carbocycles. The summed E-state index contributed by atoms with van der Waals surface area (Å²) in [6.45, 7) is -0.140. The summed E-state index contributed by atoms with van der Waals surface area (Å²) in [5.74, 6) is -2.44. The number of amides is 1. The zero-order valence-electron chi connectivity index (χ0n) is 10.7. The maximum Gasteiger partial charge on any atom is 0.246 e. The molecule has 1 amide bonds. The van der Waals surface area contributed by atoms with Gasteiger partial charge in [0.05, 0.1) is 11.4 Å². The first kappa shape index (κ1) is 13.7. The van der Waals surface area contributed by atoms with Gasteiger partial charge in [-0.25, -0.2) is 8.78 Å². The molecule has 0 saturated carbocycles. The molecule has 0 bridgehead atoms. The normalized spacial score (nSPS) is 14.0. The monoisotopic (exact) mass is 306 g/mol. The Balaban J connectivity index is 2.25. The third-order valence-corrected chi connectivity index (χ3v) is 3.43. The molecule has 1 heterocycles. The number of halogens is 3. The van der Waals surface area contributed by atoms with Gasteiger partial charge >= 0.3 is 0 Å². The summed E-state index contributed by atoms with van der Waals surface area (Å²) in [5.41, 5.74) is 1.39. The second kappa shape index (κ2) is 5.26. The Kier molecular flexibility index (Phi) is 3.43. The van der Waals surface area contributed by atoms with E-state index in [2.05, 4.69) is 10.3 Å². The molecule has 0 unspecified atom stereocenters. The predicted molar refractivity (Wildman–Crippen MR) is 76.9 cm³/mol. The molecule has 21 heavy (non-hydrogen) atoms. The topological polar surface area (TPSA) is 41.5 Å². The van der Waals surface area contributed by atoms with Gasteiger partial charge in [0, 0.05) is 22.2 Å². The number of hydrogen-bond acceptors (Lipinski definition) is 2. The number of benzodiazepines with no additional fused rings is 1. The van der Waals surface area contributed by atoms with Crippen LogP contribution >= 0.6 is 11.6 Å². The zero-order chi connectivity index (χ0) is 15.0. The highest BCUT2D eigenvalue weighted by Gasteiger charge is 2.21. The second-order valence-electron chi connectivity index (χ2n) is 4.50. The van der Waals surface area contributed by atoms with E-state index in [0.717, 1.165) is 12.1 Å². The number of fused-ring (bicyclic) bond motifs is 1. The van der Waals surface area contributed by atoms with Crippen LogP contribution in [0.15, 0.2) is 41.4 Å². The van der Waals surface area contributed by atoms with E-state index in [0.29, 0.717) is 21.9 Å². The molecule has 2 aromatic rings. The Bertz CT molecular complexity index is 774. The lowest BCUT2D eigenvalue weighted by atomic mass is 10.00. The van der Waals surface area contributed by atoms with Gasteiger partial charge < -0.3 is 5.32 Å². The van der Waals surface area contributed by atoms with Gasteiger partial charge in [-0.15, -0.1) is 0 Å². The van der Waals surface area contributed by atoms with Gasteiger partial charge in [0.15, 0.2) is 11.6 Å². The fourth-order valence-electron chi connectivity index (χ4n) is 2.16. The van der Waals surface area contributed by atoms with Crippen molar-refractivity contribution in [3.05, 3.63) is 64.2 Å². The highest BCUT2D eigenvalue weighted by atomic mass is 35.5. The summed E-state index contributed by atoms with van der Waals surface area (Å²) >= 11 is 6.13. The lowest BCUT2D eigenvalue weighted by Crippen LogP contribution is -2.13. The number of carbonyl (C=O) groups excluding carboxylic acids is 1. The molecule has 1 N–H and O–H groups in total. The van der Waals surface area contributed by atoms with Gasteiger partial charge in [0.1, 0.15) is 6.54 Å². The summed E-state index contributed by atoms with van der Waals surface area (Å²) in [7, 11) is 0. The number of nitrogens with zero attached hydrogens (tertiary/aromatic N) is 1. The Labute approximate surface area is 124 Å². The van der Waals surface area contributed by atoms with Crippen LogP contribution in [0.4, 0.5) is 14.5 Å². The average molecular weight is 307 g/mol. The molecule has 0 spiro atoms. The molecular weight excluding hydrogens is 298 g/mol. The van der Waals surface area contributed by atoms with Crippen LogP contribution in [0.3, 0.4) is 0 Å². The first-order valence-corrected chi connectivity index (χ1v) is 6.52. The number of hydrogen-bond donors (Lipinski definition) is 1. The molecule has 0 saturated heterocycles. The molecule has 106 valence electrons. The van der Waals surface area contributed by atoms with E-state index in [1.807, 2.05) is 0 Å². The van der Waals surface area contributed by atoms with Crippen molar-refractivity contribution in [2.45, 2.75) is 0 Å². The smallest absolute Gasteiger partial charge is 0.246 e. The summed E-state index contributed by atoms with van der Waals surface area (Å²) in [6.07, 6.45) is 0. The first-order chi connectivity index (χ1) is 10.1. The van der Waals surface area contributed by atoms with Crippen molar-refractivity contribution in [1.29, 1.82) is 0 Å². The Morgan fingerprint density at radius 2 is 1.81 bits per heavy atom. The zero-order valence-corrected chi connectivity index (χ0v) is 11.4. The fraction of sp³-hybridized carbons (Fsp3) is 0.0667. The molecule has 0 aromatic heterocycles. The third kappa shape index (κ3) is 2.52. The van der Waals surface area contributed by atoms with Crippen molar-refractivity contribution < 1.29 is 13.6 Å². The number of anilines is 1. The molecule has 0 radical (unpaired) electrons. The van der Waals surface area contributed by atoms with Crippen LogP contribution in [0.1, 0.15) is 11.1 Å². The summed E-state index contributed by atoms with van der Waals surface area (Å²) < 4.78 is 26.9. The van der Waals surface area contributed by atoms with Gasteiger partial charge in [0.25, 0.3) is 0 Å². The maximum atomic E-state index is 13.6. The van der Waals surface area contributed by atoms with E-state index in [4.69, 9.17) is 11.6 Å². The minimum atomic E-state index is -1.03. The lowest BCUT2D eigenvalue weighted by molar-refractivity contribution is -0.114. The number of benzene rings is 2. The van der Waals surface area contributed by atoms with E-state index in [1.165, 1.54) is 0 Å². The highest BCUT2D eigenvalue weighted by Crippen LogP contribution is 2.28. The number of nitrogens with one attached hydrogen (secondary N) is 1.